The molecule has 1 rings (SSSR count). The van der Waals surface area contributed by atoms with Crippen molar-refractivity contribution in [1.82, 2.24) is 4.90 Å². The first-order valence-electron chi connectivity index (χ1n) is 6.60. The Morgan fingerprint density at radius 3 is 2.63 bits per heavy atom. The smallest absolute Gasteiger partial charge is 0.223 e. The van der Waals surface area contributed by atoms with Crippen LogP contribution in [-0.4, -0.2) is 24.4 Å². The van der Waals surface area contributed by atoms with Gasteiger partial charge in [-0.05, 0) is 52.9 Å². The van der Waals surface area contributed by atoms with Gasteiger partial charge in [0, 0.05) is 13.5 Å². The Hall–Kier alpha value is -0.810. The van der Waals surface area contributed by atoms with Crippen LogP contribution in [0.5, 0.6) is 0 Å². The molecule has 1 heterocycles. The standard InChI is InChI=1S/C14H23BrN2O2/c1-10(2)6-11(8-16)7-14(18)17(3)9-12-4-5-13(15)19-12/h4-5,10-11H,6-9,16H2,1-3H3/t11-/m0/s1. The summed E-state index contributed by atoms with van der Waals surface area (Å²) >= 11 is 3.25. The molecule has 1 aromatic heterocycles. The first-order chi connectivity index (χ1) is 8.92. The summed E-state index contributed by atoms with van der Waals surface area (Å²) in [5, 5.41) is 0. The molecule has 0 aromatic carbocycles. The predicted octanol–water partition coefficient (Wildman–Crippen LogP) is 3.01. The number of amides is 1. The Labute approximate surface area is 123 Å². The highest BCUT2D eigenvalue weighted by molar-refractivity contribution is 9.10. The molecule has 0 spiro atoms. The molecule has 108 valence electrons. The van der Waals surface area contributed by atoms with Crippen molar-refractivity contribution in [3.8, 4) is 0 Å². The molecule has 0 aliphatic carbocycles. The minimum Gasteiger partial charge on any atom is -0.452 e. The predicted molar refractivity (Wildman–Crippen MR) is 79.5 cm³/mol. The van der Waals surface area contributed by atoms with Crippen molar-refractivity contribution in [2.75, 3.05) is 13.6 Å². The van der Waals surface area contributed by atoms with Crippen molar-refractivity contribution < 1.29 is 9.21 Å². The molecule has 0 unspecified atom stereocenters. The maximum absolute atomic E-state index is 12.1. The van der Waals surface area contributed by atoms with Crippen LogP contribution in [-0.2, 0) is 11.3 Å². The maximum atomic E-state index is 12.1. The lowest BCUT2D eigenvalue weighted by Crippen LogP contribution is -2.30. The maximum Gasteiger partial charge on any atom is 0.223 e. The molecular weight excluding hydrogens is 308 g/mol. The average molecular weight is 331 g/mol. The lowest BCUT2D eigenvalue weighted by molar-refractivity contribution is -0.131. The zero-order chi connectivity index (χ0) is 14.4. The van der Waals surface area contributed by atoms with Crippen LogP contribution in [0.3, 0.4) is 0 Å². The molecule has 0 radical (unpaired) electrons. The van der Waals surface area contributed by atoms with E-state index < -0.39 is 0 Å². The van der Waals surface area contributed by atoms with Crippen molar-refractivity contribution in [2.24, 2.45) is 17.6 Å². The molecule has 4 nitrogen and oxygen atoms in total. The van der Waals surface area contributed by atoms with Crippen molar-refractivity contribution in [2.45, 2.75) is 33.2 Å². The fourth-order valence-electron chi connectivity index (χ4n) is 2.09. The molecule has 0 saturated heterocycles. The number of hydrogen-bond donors (Lipinski definition) is 1. The number of halogens is 1. The summed E-state index contributed by atoms with van der Waals surface area (Å²) in [6, 6.07) is 3.69. The molecule has 0 aliphatic rings. The van der Waals surface area contributed by atoms with E-state index in [2.05, 4.69) is 29.8 Å². The molecule has 1 amide bonds. The van der Waals surface area contributed by atoms with E-state index >= 15 is 0 Å². The van der Waals surface area contributed by atoms with Crippen molar-refractivity contribution in [3.63, 3.8) is 0 Å². The first kappa shape index (κ1) is 16.2. The van der Waals surface area contributed by atoms with Gasteiger partial charge >= 0.3 is 0 Å². The monoisotopic (exact) mass is 330 g/mol. The molecule has 0 saturated carbocycles. The fraction of sp³-hybridized carbons (Fsp3) is 0.643. The quantitative estimate of drug-likeness (QED) is 0.835. The van der Waals surface area contributed by atoms with Gasteiger partial charge in [0.2, 0.25) is 5.91 Å². The second-order valence-corrected chi connectivity index (χ2v) is 6.17. The molecule has 1 atom stereocenters. The van der Waals surface area contributed by atoms with E-state index in [4.69, 9.17) is 10.2 Å². The minimum atomic E-state index is 0.114. The summed E-state index contributed by atoms with van der Waals surface area (Å²) in [5.41, 5.74) is 5.73. The topological polar surface area (TPSA) is 59.5 Å². The number of nitrogens with two attached hydrogens (primary N) is 1. The van der Waals surface area contributed by atoms with Gasteiger partial charge in [0.15, 0.2) is 4.67 Å². The van der Waals surface area contributed by atoms with E-state index in [9.17, 15) is 4.79 Å². The lowest BCUT2D eigenvalue weighted by Gasteiger charge is -2.21. The van der Waals surface area contributed by atoms with Crippen LogP contribution < -0.4 is 5.73 Å². The van der Waals surface area contributed by atoms with Crippen molar-refractivity contribution in [1.29, 1.82) is 0 Å². The van der Waals surface area contributed by atoms with E-state index in [-0.39, 0.29) is 11.8 Å². The van der Waals surface area contributed by atoms with Crippen LogP contribution in [0.15, 0.2) is 21.2 Å². The first-order valence-corrected chi connectivity index (χ1v) is 7.40. The van der Waals surface area contributed by atoms with Gasteiger partial charge in [-0.15, -0.1) is 0 Å². The van der Waals surface area contributed by atoms with Gasteiger partial charge < -0.3 is 15.1 Å². The van der Waals surface area contributed by atoms with Crippen LogP contribution >= 0.6 is 15.9 Å². The van der Waals surface area contributed by atoms with Gasteiger partial charge in [-0.3, -0.25) is 4.79 Å². The van der Waals surface area contributed by atoms with Gasteiger partial charge in [0.05, 0.1) is 6.54 Å². The highest BCUT2D eigenvalue weighted by Gasteiger charge is 2.17. The molecule has 19 heavy (non-hydrogen) atoms. The van der Waals surface area contributed by atoms with E-state index in [1.165, 1.54) is 0 Å². The number of carbonyl (C=O) groups excluding carboxylic acids is 1. The zero-order valence-corrected chi connectivity index (χ0v) is 13.4. The number of rotatable bonds is 7. The van der Waals surface area contributed by atoms with E-state index in [1.807, 2.05) is 12.1 Å². The van der Waals surface area contributed by atoms with Crippen LogP contribution in [0.1, 0.15) is 32.4 Å². The third kappa shape index (κ3) is 5.78. The van der Waals surface area contributed by atoms with Gasteiger partial charge in [0.25, 0.3) is 0 Å². The van der Waals surface area contributed by atoms with Gasteiger partial charge in [-0.2, -0.15) is 0 Å². The SMILES string of the molecule is CC(C)C[C@H](CN)CC(=O)N(C)Cc1ccc(Br)o1. The Balaban J connectivity index is 2.47. The minimum absolute atomic E-state index is 0.114. The van der Waals surface area contributed by atoms with Crippen LogP contribution in [0, 0.1) is 11.8 Å². The Morgan fingerprint density at radius 1 is 1.47 bits per heavy atom. The Bertz CT molecular complexity index is 404. The highest BCUT2D eigenvalue weighted by atomic mass is 79.9. The van der Waals surface area contributed by atoms with Crippen molar-refractivity contribution >= 4 is 21.8 Å². The number of nitrogens with zero attached hydrogens (tertiary/aromatic N) is 1. The van der Waals surface area contributed by atoms with Gasteiger partial charge in [0.1, 0.15) is 5.76 Å². The molecule has 1 aromatic rings. The zero-order valence-electron chi connectivity index (χ0n) is 11.9. The number of furan rings is 1. The summed E-state index contributed by atoms with van der Waals surface area (Å²) in [6.07, 6.45) is 1.50. The number of carbonyl (C=O) groups is 1. The normalized spacial score (nSPS) is 12.7. The summed E-state index contributed by atoms with van der Waals surface area (Å²) in [7, 11) is 1.79. The molecule has 0 bridgehead atoms. The van der Waals surface area contributed by atoms with Crippen LogP contribution in [0.4, 0.5) is 0 Å². The second-order valence-electron chi connectivity index (χ2n) is 5.39. The molecular formula is C14H23BrN2O2. The van der Waals surface area contributed by atoms with E-state index in [1.54, 1.807) is 11.9 Å². The van der Waals surface area contributed by atoms with Gasteiger partial charge in [-0.25, -0.2) is 0 Å². The molecule has 0 aliphatic heterocycles. The average Bonchev–Trinajstić information content (AvgIpc) is 2.73. The summed E-state index contributed by atoms with van der Waals surface area (Å²) in [6.45, 7) is 5.35. The van der Waals surface area contributed by atoms with E-state index in [0.29, 0.717) is 30.1 Å². The Kier molecular flexibility index (Phi) is 6.58. The summed E-state index contributed by atoms with van der Waals surface area (Å²) in [4.78, 5) is 13.8. The van der Waals surface area contributed by atoms with E-state index in [0.717, 1.165) is 12.2 Å². The largest absolute Gasteiger partial charge is 0.452 e. The molecule has 2 N–H and O–H groups in total. The van der Waals surface area contributed by atoms with Crippen LogP contribution in [0.2, 0.25) is 0 Å². The van der Waals surface area contributed by atoms with Crippen molar-refractivity contribution in [3.05, 3.63) is 22.6 Å². The lowest BCUT2D eigenvalue weighted by atomic mass is 9.94. The fourth-order valence-corrected chi connectivity index (χ4v) is 2.43. The van der Waals surface area contributed by atoms with Gasteiger partial charge in [-0.1, -0.05) is 13.8 Å². The number of hydrogen-bond acceptors (Lipinski definition) is 3. The highest BCUT2D eigenvalue weighted by Crippen LogP contribution is 2.18. The molecule has 5 heteroatoms. The molecule has 0 fully saturated rings. The third-order valence-corrected chi connectivity index (χ3v) is 3.48. The third-order valence-electron chi connectivity index (χ3n) is 3.05. The van der Waals surface area contributed by atoms with Crippen LogP contribution in [0.25, 0.3) is 0 Å². The summed E-state index contributed by atoms with van der Waals surface area (Å²) < 4.78 is 6.08. The summed E-state index contributed by atoms with van der Waals surface area (Å²) in [5.74, 6) is 1.71. The second kappa shape index (κ2) is 7.70. The Morgan fingerprint density at radius 2 is 2.16 bits per heavy atom.